The molecule has 2 unspecified atom stereocenters. The Morgan fingerprint density at radius 2 is 1.50 bits per heavy atom. The average Bonchev–Trinajstić information content (AvgIpc) is 2.83. The second-order valence-corrected chi connectivity index (χ2v) is 9.34. The molecular formula is C25H29ClN4O2. The summed E-state index contributed by atoms with van der Waals surface area (Å²) in [5.74, 6) is 0.176. The maximum Gasteiger partial charge on any atom is 0.228 e. The third-order valence-corrected chi connectivity index (χ3v) is 7.49. The Kier molecular flexibility index (Phi) is 5.72. The fraction of sp³-hybridized carbons (Fsp3) is 0.440. The van der Waals surface area contributed by atoms with Gasteiger partial charge in [-0.3, -0.25) is 9.59 Å². The summed E-state index contributed by atoms with van der Waals surface area (Å²) >= 11 is 6.51. The molecule has 2 aromatic carbocycles. The zero-order valence-electron chi connectivity index (χ0n) is 18.4. The van der Waals surface area contributed by atoms with Crippen LogP contribution in [0.4, 0.5) is 11.4 Å². The van der Waals surface area contributed by atoms with Crippen molar-refractivity contribution in [2.24, 2.45) is 5.92 Å². The lowest BCUT2D eigenvalue weighted by atomic mass is 9.82. The van der Waals surface area contributed by atoms with Crippen LogP contribution in [0, 0.1) is 5.92 Å². The van der Waals surface area contributed by atoms with Crippen LogP contribution in [0.1, 0.15) is 12.5 Å². The summed E-state index contributed by atoms with van der Waals surface area (Å²) in [6.07, 6.45) is 0.749. The number of piperazine rings is 2. The Hall–Kier alpha value is -2.73. The van der Waals surface area contributed by atoms with Crippen LogP contribution < -0.4 is 9.80 Å². The summed E-state index contributed by atoms with van der Waals surface area (Å²) in [5.41, 5.74) is 3.53. The van der Waals surface area contributed by atoms with Gasteiger partial charge in [0.25, 0.3) is 0 Å². The number of benzene rings is 2. The predicted molar refractivity (Wildman–Crippen MR) is 127 cm³/mol. The molecule has 6 nitrogen and oxygen atoms in total. The van der Waals surface area contributed by atoms with E-state index >= 15 is 0 Å². The van der Waals surface area contributed by atoms with E-state index in [-0.39, 0.29) is 23.8 Å². The van der Waals surface area contributed by atoms with Crippen molar-refractivity contribution in [2.75, 3.05) is 55.6 Å². The Morgan fingerprint density at radius 1 is 0.844 bits per heavy atom. The summed E-state index contributed by atoms with van der Waals surface area (Å²) < 4.78 is 0. The van der Waals surface area contributed by atoms with Gasteiger partial charge in [-0.05, 0) is 30.2 Å². The third kappa shape index (κ3) is 3.81. The van der Waals surface area contributed by atoms with E-state index in [0.29, 0.717) is 26.2 Å². The van der Waals surface area contributed by atoms with Gasteiger partial charge < -0.3 is 19.6 Å². The van der Waals surface area contributed by atoms with Crippen molar-refractivity contribution >= 4 is 34.8 Å². The Labute approximate surface area is 194 Å². The van der Waals surface area contributed by atoms with Crippen LogP contribution in [0.25, 0.3) is 0 Å². The van der Waals surface area contributed by atoms with Crippen molar-refractivity contribution in [3.63, 3.8) is 0 Å². The van der Waals surface area contributed by atoms with Crippen molar-refractivity contribution in [1.82, 2.24) is 9.80 Å². The lowest BCUT2D eigenvalue weighted by Gasteiger charge is -2.50. The van der Waals surface area contributed by atoms with Gasteiger partial charge in [0, 0.05) is 58.4 Å². The zero-order valence-corrected chi connectivity index (χ0v) is 19.2. The SMILES string of the molecule is CC(=O)N1CCN(C(=O)C2Cc3ccccc3N3CCN(c4ccccc4Cl)CC23)CC1. The zero-order chi connectivity index (χ0) is 22.2. The number of para-hydroxylation sites is 2. The third-order valence-electron chi connectivity index (χ3n) is 7.17. The number of nitrogens with zero attached hydrogens (tertiary/aromatic N) is 4. The molecule has 2 aromatic rings. The first kappa shape index (κ1) is 21.1. The number of hydrogen-bond acceptors (Lipinski definition) is 4. The Morgan fingerprint density at radius 3 is 2.22 bits per heavy atom. The van der Waals surface area contributed by atoms with Gasteiger partial charge in [0.1, 0.15) is 0 Å². The highest BCUT2D eigenvalue weighted by atomic mass is 35.5. The largest absolute Gasteiger partial charge is 0.366 e. The Bertz CT molecular complexity index is 1020. The van der Waals surface area contributed by atoms with Gasteiger partial charge in [0.15, 0.2) is 0 Å². The lowest BCUT2D eigenvalue weighted by molar-refractivity contribution is -0.142. The molecule has 7 heteroatoms. The average molecular weight is 453 g/mol. The smallest absolute Gasteiger partial charge is 0.228 e. The van der Waals surface area contributed by atoms with Crippen LogP contribution in [0.15, 0.2) is 48.5 Å². The minimum atomic E-state index is -0.112. The highest BCUT2D eigenvalue weighted by molar-refractivity contribution is 6.33. The molecule has 3 aliphatic heterocycles. The maximum atomic E-state index is 13.8. The number of rotatable bonds is 2. The quantitative estimate of drug-likeness (QED) is 0.703. The molecule has 0 radical (unpaired) electrons. The minimum Gasteiger partial charge on any atom is -0.366 e. The number of anilines is 2. The molecule has 0 saturated carbocycles. The molecule has 5 rings (SSSR count). The maximum absolute atomic E-state index is 13.8. The molecule has 32 heavy (non-hydrogen) atoms. The van der Waals surface area contributed by atoms with E-state index in [1.165, 1.54) is 11.3 Å². The van der Waals surface area contributed by atoms with E-state index < -0.39 is 0 Å². The molecule has 0 bridgehead atoms. The number of amides is 2. The summed E-state index contributed by atoms with van der Waals surface area (Å²) in [5, 5.41) is 0.750. The second-order valence-electron chi connectivity index (χ2n) is 8.93. The number of fused-ring (bicyclic) bond motifs is 3. The summed E-state index contributed by atoms with van der Waals surface area (Å²) in [6.45, 7) is 6.53. The molecule has 0 N–H and O–H groups in total. The molecule has 0 aromatic heterocycles. The van der Waals surface area contributed by atoms with Crippen molar-refractivity contribution in [3.8, 4) is 0 Å². The van der Waals surface area contributed by atoms with Crippen LogP contribution in [-0.2, 0) is 16.0 Å². The van der Waals surface area contributed by atoms with Gasteiger partial charge in [-0.25, -0.2) is 0 Å². The van der Waals surface area contributed by atoms with Gasteiger partial charge >= 0.3 is 0 Å². The molecule has 0 spiro atoms. The van der Waals surface area contributed by atoms with Gasteiger partial charge in [0.05, 0.1) is 22.7 Å². The highest BCUT2D eigenvalue weighted by Crippen LogP contribution is 2.38. The first-order valence-corrected chi connectivity index (χ1v) is 11.8. The summed E-state index contributed by atoms with van der Waals surface area (Å²) in [6, 6.07) is 16.5. The van der Waals surface area contributed by atoms with E-state index in [2.05, 4.69) is 40.1 Å². The molecule has 0 aliphatic carbocycles. The van der Waals surface area contributed by atoms with Crippen molar-refractivity contribution < 1.29 is 9.59 Å². The highest BCUT2D eigenvalue weighted by Gasteiger charge is 2.43. The fourth-order valence-corrected chi connectivity index (χ4v) is 5.70. The predicted octanol–water partition coefficient (Wildman–Crippen LogP) is 2.90. The summed E-state index contributed by atoms with van der Waals surface area (Å²) in [7, 11) is 0. The van der Waals surface area contributed by atoms with Gasteiger partial charge in [-0.15, -0.1) is 0 Å². The van der Waals surface area contributed by atoms with Crippen LogP contribution in [0.3, 0.4) is 0 Å². The number of carbonyl (C=O) groups excluding carboxylic acids is 2. The minimum absolute atomic E-state index is 0.0810. The van der Waals surface area contributed by atoms with E-state index in [1.807, 2.05) is 28.0 Å². The van der Waals surface area contributed by atoms with E-state index in [9.17, 15) is 9.59 Å². The fourth-order valence-electron chi connectivity index (χ4n) is 5.45. The van der Waals surface area contributed by atoms with Crippen LogP contribution >= 0.6 is 11.6 Å². The number of hydrogen-bond donors (Lipinski definition) is 0. The van der Waals surface area contributed by atoms with E-state index in [0.717, 1.165) is 36.8 Å². The molecule has 3 aliphatic rings. The first-order valence-electron chi connectivity index (χ1n) is 11.4. The van der Waals surface area contributed by atoms with E-state index in [4.69, 9.17) is 11.6 Å². The molecule has 2 atom stereocenters. The Balaban J connectivity index is 1.42. The normalized spacial score (nSPS) is 22.9. The number of halogens is 1. The summed E-state index contributed by atoms with van der Waals surface area (Å²) in [4.78, 5) is 34.0. The molecule has 2 fully saturated rings. The number of carbonyl (C=O) groups is 2. The van der Waals surface area contributed by atoms with Crippen LogP contribution in [-0.4, -0.2) is 73.5 Å². The van der Waals surface area contributed by atoms with Gasteiger partial charge in [0.2, 0.25) is 11.8 Å². The molecular weight excluding hydrogens is 424 g/mol. The molecule has 3 heterocycles. The van der Waals surface area contributed by atoms with Gasteiger partial charge in [-0.2, -0.15) is 0 Å². The van der Waals surface area contributed by atoms with Crippen LogP contribution in [0.5, 0.6) is 0 Å². The second kappa shape index (κ2) is 8.66. The first-order chi connectivity index (χ1) is 15.5. The molecule has 2 amide bonds. The van der Waals surface area contributed by atoms with E-state index in [1.54, 1.807) is 6.92 Å². The topological polar surface area (TPSA) is 47.1 Å². The lowest BCUT2D eigenvalue weighted by Crippen LogP contribution is -2.62. The van der Waals surface area contributed by atoms with Crippen molar-refractivity contribution in [2.45, 2.75) is 19.4 Å². The van der Waals surface area contributed by atoms with Crippen molar-refractivity contribution in [1.29, 1.82) is 0 Å². The van der Waals surface area contributed by atoms with Crippen LogP contribution in [0.2, 0.25) is 5.02 Å². The molecule has 168 valence electrons. The standard InChI is InChI=1S/C25H29ClN4O2/c1-18(31)27-10-12-28(13-11-27)25(32)20-16-19-6-2-4-8-22(19)30-15-14-29(17-24(20)30)23-9-5-3-7-21(23)26/h2-9,20,24H,10-17H2,1H3. The molecule has 2 saturated heterocycles. The van der Waals surface area contributed by atoms with Crippen molar-refractivity contribution in [3.05, 3.63) is 59.1 Å². The van der Waals surface area contributed by atoms with Gasteiger partial charge in [-0.1, -0.05) is 41.9 Å². The monoisotopic (exact) mass is 452 g/mol.